The maximum atomic E-state index is 6.08. The maximum absolute atomic E-state index is 6.08. The average molecular weight is 377 g/mol. The summed E-state index contributed by atoms with van der Waals surface area (Å²) < 4.78 is 5.53. The molecule has 1 atom stereocenters. The van der Waals surface area contributed by atoms with Crippen LogP contribution in [0.3, 0.4) is 0 Å². The van der Waals surface area contributed by atoms with E-state index in [1.165, 1.54) is 5.56 Å². The number of hydrogen-bond donors (Lipinski definition) is 2. The van der Waals surface area contributed by atoms with Gasteiger partial charge in [0.2, 0.25) is 0 Å². The van der Waals surface area contributed by atoms with Crippen LogP contribution in [0.1, 0.15) is 31.4 Å². The summed E-state index contributed by atoms with van der Waals surface area (Å²) in [6.45, 7) is 7.08. The summed E-state index contributed by atoms with van der Waals surface area (Å²) in [5.41, 5.74) is 1.25. The van der Waals surface area contributed by atoms with Crippen molar-refractivity contribution in [1.29, 1.82) is 0 Å². The molecule has 1 heterocycles. The van der Waals surface area contributed by atoms with Crippen molar-refractivity contribution >= 4 is 17.6 Å². The Hall–Kier alpha value is -1.56. The molecule has 1 fully saturated rings. The molecule has 1 aromatic rings. The average Bonchev–Trinajstić information content (AvgIpc) is 3.17. The van der Waals surface area contributed by atoms with Gasteiger partial charge in [-0.05, 0) is 37.5 Å². The number of guanidine groups is 1. The fraction of sp³-hybridized carbons (Fsp3) is 0.550. The molecule has 1 saturated heterocycles. The second-order valence-electron chi connectivity index (χ2n) is 6.72. The Labute approximate surface area is 161 Å². The molecule has 0 amide bonds. The summed E-state index contributed by atoms with van der Waals surface area (Å²) in [6.07, 6.45) is 6.58. The molecule has 0 aromatic heterocycles. The van der Waals surface area contributed by atoms with Crippen molar-refractivity contribution in [3.63, 3.8) is 0 Å². The van der Waals surface area contributed by atoms with E-state index in [4.69, 9.17) is 21.3 Å². The van der Waals surface area contributed by atoms with E-state index >= 15 is 0 Å². The van der Waals surface area contributed by atoms with Crippen LogP contribution in [-0.2, 0) is 4.74 Å². The highest BCUT2D eigenvalue weighted by molar-refractivity contribution is 6.30. The lowest BCUT2D eigenvalue weighted by molar-refractivity contribution is 0.0179. The largest absolute Gasteiger partial charge is 0.379 e. The first kappa shape index (κ1) is 19.2. The smallest absolute Gasteiger partial charge is 0.191 e. The molecule has 3 rings (SSSR count). The molecule has 2 aliphatic rings. The van der Waals surface area contributed by atoms with Gasteiger partial charge in [-0.15, -0.1) is 0 Å². The van der Waals surface area contributed by atoms with Crippen molar-refractivity contribution < 1.29 is 4.74 Å². The van der Waals surface area contributed by atoms with Gasteiger partial charge in [0.05, 0.1) is 25.8 Å². The lowest BCUT2D eigenvalue weighted by Gasteiger charge is -2.34. The Morgan fingerprint density at radius 2 is 1.92 bits per heavy atom. The van der Waals surface area contributed by atoms with Crippen molar-refractivity contribution in [1.82, 2.24) is 15.5 Å². The Bertz CT molecular complexity index is 603. The molecule has 6 heteroatoms. The molecular formula is C20H29ClN4O. The molecule has 1 aliphatic carbocycles. The second kappa shape index (κ2) is 9.95. The third-order valence-electron chi connectivity index (χ3n) is 4.86. The quantitative estimate of drug-likeness (QED) is 0.455. The number of aliphatic imine (C=N–C) groups is 1. The minimum absolute atomic E-state index is 0.230. The number of nitrogens with zero attached hydrogens (tertiary/aromatic N) is 2. The van der Waals surface area contributed by atoms with Crippen molar-refractivity contribution in [2.24, 2.45) is 4.99 Å². The summed E-state index contributed by atoms with van der Waals surface area (Å²) in [7, 11) is 0. The first-order valence-electron chi connectivity index (χ1n) is 9.53. The van der Waals surface area contributed by atoms with Gasteiger partial charge < -0.3 is 15.4 Å². The molecule has 1 aromatic carbocycles. The molecule has 0 bridgehead atoms. The first-order valence-corrected chi connectivity index (χ1v) is 9.91. The van der Waals surface area contributed by atoms with E-state index in [0.717, 1.165) is 56.7 Å². The van der Waals surface area contributed by atoms with E-state index in [9.17, 15) is 0 Å². The van der Waals surface area contributed by atoms with Crippen LogP contribution in [0.25, 0.3) is 0 Å². The highest BCUT2D eigenvalue weighted by atomic mass is 35.5. The summed E-state index contributed by atoms with van der Waals surface area (Å²) in [6, 6.07) is 8.82. The van der Waals surface area contributed by atoms with Gasteiger partial charge in [0.25, 0.3) is 0 Å². The van der Waals surface area contributed by atoms with Crippen molar-refractivity contribution in [3.05, 3.63) is 47.0 Å². The number of rotatable bonds is 6. The van der Waals surface area contributed by atoms with Gasteiger partial charge in [-0.2, -0.15) is 0 Å². The number of halogens is 1. The van der Waals surface area contributed by atoms with E-state index in [1.54, 1.807) is 0 Å². The summed E-state index contributed by atoms with van der Waals surface area (Å²) in [4.78, 5) is 7.36. The van der Waals surface area contributed by atoms with Crippen LogP contribution >= 0.6 is 11.6 Å². The summed E-state index contributed by atoms with van der Waals surface area (Å²) in [5, 5.41) is 7.69. The number of benzene rings is 1. The minimum atomic E-state index is 0.230. The van der Waals surface area contributed by atoms with E-state index in [2.05, 4.69) is 46.7 Å². The topological polar surface area (TPSA) is 48.9 Å². The van der Waals surface area contributed by atoms with Crippen LogP contribution in [0, 0.1) is 0 Å². The summed E-state index contributed by atoms with van der Waals surface area (Å²) >= 11 is 6.08. The lowest BCUT2D eigenvalue weighted by Crippen LogP contribution is -2.44. The molecule has 0 spiro atoms. The highest BCUT2D eigenvalue weighted by Crippen LogP contribution is 2.24. The fourth-order valence-corrected chi connectivity index (χ4v) is 3.56. The van der Waals surface area contributed by atoms with Gasteiger partial charge in [-0.25, -0.2) is 0 Å². The predicted molar refractivity (Wildman–Crippen MR) is 108 cm³/mol. The molecule has 26 heavy (non-hydrogen) atoms. The number of hydrogen-bond acceptors (Lipinski definition) is 3. The Morgan fingerprint density at radius 1 is 1.23 bits per heavy atom. The van der Waals surface area contributed by atoms with E-state index in [0.29, 0.717) is 12.6 Å². The first-order chi connectivity index (χ1) is 12.8. The van der Waals surface area contributed by atoms with Crippen LogP contribution < -0.4 is 10.6 Å². The van der Waals surface area contributed by atoms with Crippen molar-refractivity contribution in [2.45, 2.75) is 31.8 Å². The zero-order chi connectivity index (χ0) is 18.2. The fourth-order valence-electron chi connectivity index (χ4n) is 3.43. The zero-order valence-electron chi connectivity index (χ0n) is 15.5. The Morgan fingerprint density at radius 3 is 2.58 bits per heavy atom. The molecule has 5 nitrogen and oxygen atoms in total. The van der Waals surface area contributed by atoms with Gasteiger partial charge in [-0.1, -0.05) is 35.9 Å². The van der Waals surface area contributed by atoms with Crippen LogP contribution in [0.4, 0.5) is 0 Å². The van der Waals surface area contributed by atoms with E-state index in [1.807, 2.05) is 12.1 Å². The molecule has 1 unspecified atom stereocenters. The van der Waals surface area contributed by atoms with Crippen molar-refractivity contribution in [2.75, 3.05) is 39.4 Å². The van der Waals surface area contributed by atoms with Crippen LogP contribution in [-0.4, -0.2) is 56.3 Å². The molecule has 1 aliphatic heterocycles. The SMILES string of the molecule is CCNC(=NCC(c1ccc(Cl)cc1)N1CCOCC1)NC1CC=CC1. The zero-order valence-corrected chi connectivity index (χ0v) is 16.2. The summed E-state index contributed by atoms with van der Waals surface area (Å²) in [5.74, 6) is 0.897. The van der Waals surface area contributed by atoms with Crippen LogP contribution in [0.15, 0.2) is 41.4 Å². The third-order valence-corrected chi connectivity index (χ3v) is 5.11. The van der Waals surface area contributed by atoms with Gasteiger partial charge in [0.15, 0.2) is 5.96 Å². The number of ether oxygens (including phenoxy) is 1. The molecule has 0 radical (unpaired) electrons. The maximum Gasteiger partial charge on any atom is 0.191 e. The third kappa shape index (κ3) is 5.47. The minimum Gasteiger partial charge on any atom is -0.379 e. The normalized spacial score (nSPS) is 20.3. The lowest BCUT2D eigenvalue weighted by atomic mass is 10.0. The standard InChI is InChI=1S/C20H29ClN4O/c1-2-22-20(24-18-5-3-4-6-18)23-15-19(25-11-13-26-14-12-25)16-7-9-17(21)10-8-16/h3-4,7-10,18-19H,2,5-6,11-15H2,1H3,(H2,22,23,24). The van der Waals surface area contributed by atoms with E-state index in [-0.39, 0.29) is 6.04 Å². The van der Waals surface area contributed by atoms with Crippen LogP contribution in [0.2, 0.25) is 5.02 Å². The second-order valence-corrected chi connectivity index (χ2v) is 7.16. The number of nitrogens with one attached hydrogen (secondary N) is 2. The van der Waals surface area contributed by atoms with Crippen molar-refractivity contribution in [3.8, 4) is 0 Å². The molecule has 2 N–H and O–H groups in total. The predicted octanol–water partition coefficient (Wildman–Crippen LogP) is 2.99. The Kier molecular flexibility index (Phi) is 7.35. The highest BCUT2D eigenvalue weighted by Gasteiger charge is 2.23. The molecule has 0 saturated carbocycles. The van der Waals surface area contributed by atoms with Gasteiger partial charge in [0.1, 0.15) is 0 Å². The Balaban J connectivity index is 1.72. The number of morpholine rings is 1. The monoisotopic (exact) mass is 376 g/mol. The van der Waals surface area contributed by atoms with Gasteiger partial charge in [-0.3, -0.25) is 9.89 Å². The van der Waals surface area contributed by atoms with Crippen LogP contribution in [0.5, 0.6) is 0 Å². The van der Waals surface area contributed by atoms with Gasteiger partial charge >= 0.3 is 0 Å². The molecule has 142 valence electrons. The van der Waals surface area contributed by atoms with E-state index < -0.39 is 0 Å². The molecular weight excluding hydrogens is 348 g/mol. The van der Waals surface area contributed by atoms with Gasteiger partial charge in [0, 0.05) is 30.7 Å².